The molecule has 0 saturated heterocycles. The van der Waals surface area contributed by atoms with Gasteiger partial charge >= 0.3 is 0 Å². The highest BCUT2D eigenvalue weighted by Gasteiger charge is 2.45. The maximum Gasteiger partial charge on any atom is 0.252 e. The maximum absolute atomic E-state index is 11.9. The highest BCUT2D eigenvalue weighted by atomic mass is 16.1. The molecule has 1 atom stereocenters. The van der Waals surface area contributed by atoms with Crippen molar-refractivity contribution in [3.05, 3.63) is 46.2 Å². The largest absolute Gasteiger partial charge is 0.322 e. The molecule has 0 amide bonds. The van der Waals surface area contributed by atoms with Crippen LogP contribution in [0.3, 0.4) is 0 Å². The number of nitrogens with one attached hydrogen (secondary N) is 2. The van der Waals surface area contributed by atoms with Crippen molar-refractivity contribution < 1.29 is 0 Å². The first kappa shape index (κ1) is 11.5. The summed E-state index contributed by atoms with van der Waals surface area (Å²) in [5, 5.41) is 4.54. The molecule has 1 fully saturated rings. The van der Waals surface area contributed by atoms with Gasteiger partial charge in [0.2, 0.25) is 0 Å². The lowest BCUT2D eigenvalue weighted by atomic mass is 10.1. The van der Waals surface area contributed by atoms with Crippen LogP contribution in [0.5, 0.6) is 0 Å². The number of hydrogen-bond acceptors (Lipinski definition) is 2. The highest BCUT2D eigenvalue weighted by molar-refractivity contribution is 5.78. The molecule has 18 heavy (non-hydrogen) atoms. The van der Waals surface area contributed by atoms with Crippen molar-refractivity contribution in [3.8, 4) is 0 Å². The summed E-state index contributed by atoms with van der Waals surface area (Å²) in [6.45, 7) is 5.14. The lowest BCUT2D eigenvalue weighted by Gasteiger charge is -2.07. The molecule has 1 saturated carbocycles. The number of H-pyrrole nitrogens is 1. The second-order valence-corrected chi connectivity index (χ2v) is 5.84. The van der Waals surface area contributed by atoms with Crippen LogP contribution in [-0.2, 0) is 6.54 Å². The van der Waals surface area contributed by atoms with E-state index in [0.717, 1.165) is 16.5 Å². The Morgan fingerprint density at radius 1 is 1.39 bits per heavy atom. The third kappa shape index (κ3) is 2.06. The van der Waals surface area contributed by atoms with E-state index in [9.17, 15) is 4.79 Å². The van der Waals surface area contributed by atoms with Gasteiger partial charge in [-0.2, -0.15) is 0 Å². The molecule has 3 nitrogen and oxygen atoms in total. The number of fused-ring (bicyclic) bond motifs is 1. The fourth-order valence-electron chi connectivity index (χ4n) is 2.37. The van der Waals surface area contributed by atoms with E-state index in [2.05, 4.69) is 24.1 Å². The summed E-state index contributed by atoms with van der Waals surface area (Å²) in [4.78, 5) is 14.9. The zero-order valence-electron chi connectivity index (χ0n) is 10.8. The van der Waals surface area contributed by atoms with Crippen LogP contribution in [-0.4, -0.2) is 11.0 Å². The van der Waals surface area contributed by atoms with Crippen LogP contribution in [0.4, 0.5) is 0 Å². The van der Waals surface area contributed by atoms with Gasteiger partial charge in [0.25, 0.3) is 5.56 Å². The fourth-order valence-corrected chi connectivity index (χ4v) is 2.37. The number of pyridine rings is 1. The zero-order valence-corrected chi connectivity index (χ0v) is 10.8. The summed E-state index contributed by atoms with van der Waals surface area (Å²) in [5.41, 5.74) is 2.12. The Morgan fingerprint density at radius 2 is 2.11 bits per heavy atom. The summed E-state index contributed by atoms with van der Waals surface area (Å²) in [7, 11) is 0. The Labute approximate surface area is 106 Å². The van der Waals surface area contributed by atoms with E-state index in [0.29, 0.717) is 18.0 Å². The van der Waals surface area contributed by atoms with Crippen molar-refractivity contribution in [2.45, 2.75) is 32.9 Å². The molecule has 0 radical (unpaired) electrons. The van der Waals surface area contributed by atoms with Gasteiger partial charge in [-0.15, -0.1) is 0 Å². The Hall–Kier alpha value is -1.61. The molecule has 2 aromatic rings. The van der Waals surface area contributed by atoms with Crippen molar-refractivity contribution in [2.75, 3.05) is 0 Å². The maximum atomic E-state index is 11.9. The monoisotopic (exact) mass is 242 g/mol. The minimum Gasteiger partial charge on any atom is -0.322 e. The van der Waals surface area contributed by atoms with Gasteiger partial charge in [0.05, 0.1) is 0 Å². The molecule has 1 aromatic carbocycles. The van der Waals surface area contributed by atoms with Gasteiger partial charge in [0, 0.05) is 23.7 Å². The van der Waals surface area contributed by atoms with Crippen LogP contribution in [0.1, 0.15) is 25.8 Å². The summed E-state index contributed by atoms with van der Waals surface area (Å²) in [6.07, 6.45) is 1.19. The van der Waals surface area contributed by atoms with Crippen LogP contribution in [0.25, 0.3) is 10.9 Å². The molecule has 94 valence electrons. The van der Waals surface area contributed by atoms with Crippen molar-refractivity contribution in [2.24, 2.45) is 5.41 Å². The van der Waals surface area contributed by atoms with E-state index >= 15 is 0 Å². The van der Waals surface area contributed by atoms with Crippen LogP contribution < -0.4 is 10.9 Å². The molecule has 0 bridgehead atoms. The van der Waals surface area contributed by atoms with E-state index in [4.69, 9.17) is 0 Å². The number of hydrogen-bond donors (Lipinski definition) is 2. The summed E-state index contributed by atoms with van der Waals surface area (Å²) in [5.74, 6) is 0. The standard InChI is InChI=1S/C15H18N2O/c1-15(2)8-13(15)16-9-11-7-10-5-3-4-6-12(10)17-14(11)18/h3-7,13,16H,8-9H2,1-2H3,(H,17,18). The average Bonchev–Trinajstić information content (AvgIpc) is 2.94. The Bertz CT molecular complexity index is 642. The van der Waals surface area contributed by atoms with Gasteiger partial charge in [-0.3, -0.25) is 4.79 Å². The van der Waals surface area contributed by atoms with Gasteiger partial charge in [0.1, 0.15) is 0 Å². The molecule has 1 heterocycles. The van der Waals surface area contributed by atoms with Gasteiger partial charge in [-0.05, 0) is 29.4 Å². The summed E-state index contributed by atoms with van der Waals surface area (Å²) in [6, 6.07) is 10.4. The Morgan fingerprint density at radius 3 is 2.83 bits per heavy atom. The predicted octanol–water partition coefficient (Wildman–Crippen LogP) is 2.42. The van der Waals surface area contributed by atoms with Crippen molar-refractivity contribution in [3.63, 3.8) is 0 Å². The molecule has 1 aliphatic rings. The smallest absolute Gasteiger partial charge is 0.252 e. The van der Waals surface area contributed by atoms with Crippen LogP contribution in [0.2, 0.25) is 0 Å². The lowest BCUT2D eigenvalue weighted by Crippen LogP contribution is -2.24. The lowest BCUT2D eigenvalue weighted by molar-refractivity contribution is 0.541. The number of aromatic nitrogens is 1. The molecule has 3 heteroatoms. The summed E-state index contributed by atoms with van der Waals surface area (Å²) >= 11 is 0. The van der Waals surface area contributed by atoms with Crippen LogP contribution in [0.15, 0.2) is 35.1 Å². The number of benzene rings is 1. The van der Waals surface area contributed by atoms with Crippen LogP contribution >= 0.6 is 0 Å². The first-order chi connectivity index (χ1) is 8.56. The second kappa shape index (κ2) is 3.95. The molecular formula is C15H18N2O. The van der Waals surface area contributed by atoms with E-state index in [1.54, 1.807) is 0 Å². The van der Waals surface area contributed by atoms with E-state index < -0.39 is 0 Å². The minimum absolute atomic E-state index is 0.0136. The van der Waals surface area contributed by atoms with Gasteiger partial charge in [0.15, 0.2) is 0 Å². The molecule has 0 aliphatic heterocycles. The third-order valence-electron chi connectivity index (χ3n) is 3.88. The van der Waals surface area contributed by atoms with Crippen molar-refractivity contribution in [1.29, 1.82) is 0 Å². The van der Waals surface area contributed by atoms with Gasteiger partial charge in [-0.25, -0.2) is 0 Å². The van der Waals surface area contributed by atoms with Crippen molar-refractivity contribution in [1.82, 2.24) is 10.3 Å². The van der Waals surface area contributed by atoms with Gasteiger partial charge < -0.3 is 10.3 Å². The zero-order chi connectivity index (χ0) is 12.8. The molecule has 0 spiro atoms. The Balaban J connectivity index is 1.83. The third-order valence-corrected chi connectivity index (χ3v) is 3.88. The van der Waals surface area contributed by atoms with Crippen LogP contribution in [0, 0.1) is 5.41 Å². The first-order valence-electron chi connectivity index (χ1n) is 6.41. The molecule has 1 unspecified atom stereocenters. The second-order valence-electron chi connectivity index (χ2n) is 5.84. The number of para-hydroxylation sites is 1. The highest BCUT2D eigenvalue weighted by Crippen LogP contribution is 2.44. The van der Waals surface area contributed by atoms with Gasteiger partial charge in [-0.1, -0.05) is 32.0 Å². The topological polar surface area (TPSA) is 44.9 Å². The molecule has 1 aromatic heterocycles. The summed E-state index contributed by atoms with van der Waals surface area (Å²) < 4.78 is 0. The van der Waals surface area contributed by atoms with Crippen molar-refractivity contribution >= 4 is 10.9 Å². The molecular weight excluding hydrogens is 224 g/mol. The number of aromatic amines is 1. The SMILES string of the molecule is CC1(C)CC1NCc1cc2ccccc2[nH]c1=O. The predicted molar refractivity (Wildman–Crippen MR) is 73.6 cm³/mol. The number of rotatable bonds is 3. The quantitative estimate of drug-likeness (QED) is 0.868. The molecule has 1 aliphatic carbocycles. The van der Waals surface area contributed by atoms with E-state index in [1.165, 1.54) is 6.42 Å². The van der Waals surface area contributed by atoms with E-state index in [-0.39, 0.29) is 5.56 Å². The first-order valence-corrected chi connectivity index (χ1v) is 6.41. The fraction of sp³-hybridized carbons (Fsp3) is 0.400. The minimum atomic E-state index is 0.0136. The molecule has 3 rings (SSSR count). The Kier molecular flexibility index (Phi) is 2.52. The van der Waals surface area contributed by atoms with E-state index in [1.807, 2.05) is 30.3 Å². The average molecular weight is 242 g/mol. The molecule has 2 N–H and O–H groups in total. The normalized spacial score (nSPS) is 21.1.